The molecule has 1 aromatic carbocycles. The third kappa shape index (κ3) is 2.90. The van der Waals surface area contributed by atoms with E-state index in [0.29, 0.717) is 11.4 Å². The number of benzene rings is 1. The lowest BCUT2D eigenvalue weighted by molar-refractivity contribution is 0.600. The molecule has 2 rings (SSSR count). The summed E-state index contributed by atoms with van der Waals surface area (Å²) in [5.41, 5.74) is 1.70. The van der Waals surface area contributed by atoms with Crippen LogP contribution in [0.5, 0.6) is 0 Å². The van der Waals surface area contributed by atoms with Gasteiger partial charge in [-0.05, 0) is 25.5 Å². The number of nitrogens with one attached hydrogen (secondary N) is 2. The predicted molar refractivity (Wildman–Crippen MR) is 74.8 cm³/mol. The lowest BCUT2D eigenvalue weighted by Crippen LogP contribution is -2.14. The van der Waals surface area contributed by atoms with E-state index in [0.717, 1.165) is 5.56 Å². The average Bonchev–Trinajstić information content (AvgIpc) is 2.76. The molecule has 1 atom stereocenters. The van der Waals surface area contributed by atoms with Gasteiger partial charge < -0.3 is 0 Å². The smallest absolute Gasteiger partial charge is 0.265 e. The molecule has 0 saturated carbocycles. The fourth-order valence-electron chi connectivity index (χ4n) is 1.75. The van der Waals surface area contributed by atoms with Crippen LogP contribution in [0.25, 0.3) is 0 Å². The summed E-state index contributed by atoms with van der Waals surface area (Å²) in [6.45, 7) is 3.44. The number of anilines is 1. The Kier molecular flexibility index (Phi) is 3.82. The lowest BCUT2D eigenvalue weighted by Gasteiger charge is -2.13. The number of hydrogen-bond acceptors (Lipinski definition) is 3. The molecule has 0 aliphatic carbocycles. The predicted octanol–water partition coefficient (Wildman–Crippen LogP) is 2.82. The van der Waals surface area contributed by atoms with Crippen molar-refractivity contribution in [2.45, 2.75) is 24.1 Å². The molecule has 5 nitrogen and oxygen atoms in total. The van der Waals surface area contributed by atoms with Crippen molar-refractivity contribution in [3.63, 3.8) is 0 Å². The maximum atomic E-state index is 12.2. The van der Waals surface area contributed by atoms with Crippen LogP contribution in [-0.2, 0) is 10.0 Å². The van der Waals surface area contributed by atoms with Gasteiger partial charge in [-0.3, -0.25) is 9.82 Å². The maximum absolute atomic E-state index is 12.2. The molecule has 2 N–H and O–H groups in total. The van der Waals surface area contributed by atoms with Gasteiger partial charge in [0.1, 0.15) is 4.90 Å². The Balaban J connectivity index is 2.39. The molecule has 0 saturated heterocycles. The summed E-state index contributed by atoms with van der Waals surface area (Å²) in [4.78, 5) is 0.129. The van der Waals surface area contributed by atoms with Gasteiger partial charge in [0.2, 0.25) is 0 Å². The van der Waals surface area contributed by atoms with E-state index < -0.39 is 10.0 Å². The van der Waals surface area contributed by atoms with Crippen molar-refractivity contribution in [1.29, 1.82) is 0 Å². The number of halogens is 1. The maximum Gasteiger partial charge on any atom is 0.265 e. The van der Waals surface area contributed by atoms with Gasteiger partial charge in [-0.15, -0.1) is 11.6 Å². The second-order valence-electron chi connectivity index (χ2n) is 4.17. The molecule has 0 aliphatic heterocycles. The van der Waals surface area contributed by atoms with Crippen molar-refractivity contribution in [3.8, 4) is 0 Å². The van der Waals surface area contributed by atoms with E-state index >= 15 is 0 Å². The summed E-state index contributed by atoms with van der Waals surface area (Å²) < 4.78 is 27.0. The molecule has 0 spiro atoms. The van der Waals surface area contributed by atoms with Gasteiger partial charge in [0, 0.05) is 0 Å². The number of nitrogens with zero attached hydrogens (tertiary/aromatic N) is 1. The van der Waals surface area contributed by atoms with Gasteiger partial charge in [-0.25, -0.2) is 8.42 Å². The molecule has 0 bridgehead atoms. The Morgan fingerprint density at radius 3 is 2.63 bits per heavy atom. The number of hydrogen-bond donors (Lipinski definition) is 2. The fourth-order valence-corrected chi connectivity index (χ4v) is 3.16. The molecule has 0 fully saturated rings. The van der Waals surface area contributed by atoms with Crippen molar-refractivity contribution in [3.05, 3.63) is 41.7 Å². The highest BCUT2D eigenvalue weighted by Crippen LogP contribution is 2.29. The molecule has 19 heavy (non-hydrogen) atoms. The number of H-pyrrole nitrogens is 1. The summed E-state index contributed by atoms with van der Waals surface area (Å²) in [7, 11) is -3.66. The Morgan fingerprint density at radius 1 is 1.37 bits per heavy atom. The molecule has 1 unspecified atom stereocenters. The number of sulfonamides is 1. The molecule has 102 valence electrons. The number of para-hydroxylation sites is 1. The van der Waals surface area contributed by atoms with Gasteiger partial charge in [0.15, 0.2) is 0 Å². The minimum absolute atomic E-state index is 0.129. The normalized spacial score (nSPS) is 13.2. The first-order valence-corrected chi connectivity index (χ1v) is 7.59. The van der Waals surface area contributed by atoms with Crippen molar-refractivity contribution in [1.82, 2.24) is 10.2 Å². The van der Waals surface area contributed by atoms with E-state index in [1.165, 1.54) is 6.20 Å². The lowest BCUT2D eigenvalue weighted by atomic mass is 10.1. The van der Waals surface area contributed by atoms with Crippen LogP contribution in [0.1, 0.15) is 23.6 Å². The van der Waals surface area contributed by atoms with Crippen LogP contribution in [0.15, 0.2) is 35.4 Å². The monoisotopic (exact) mass is 299 g/mol. The molecule has 0 amide bonds. The third-order valence-electron chi connectivity index (χ3n) is 2.71. The topological polar surface area (TPSA) is 74.8 Å². The van der Waals surface area contributed by atoms with E-state index in [-0.39, 0.29) is 10.3 Å². The second kappa shape index (κ2) is 5.22. The Bertz CT molecular complexity index is 680. The Morgan fingerprint density at radius 2 is 2.05 bits per heavy atom. The number of aryl methyl sites for hydroxylation is 1. The minimum Gasteiger partial charge on any atom is -0.281 e. The molecular formula is C12H14ClN3O2S. The van der Waals surface area contributed by atoms with Gasteiger partial charge in [0.25, 0.3) is 10.0 Å². The van der Waals surface area contributed by atoms with Crippen molar-refractivity contribution < 1.29 is 8.42 Å². The molecule has 2 aromatic rings. The van der Waals surface area contributed by atoms with E-state index in [2.05, 4.69) is 14.9 Å². The van der Waals surface area contributed by atoms with Crippen LogP contribution >= 0.6 is 11.6 Å². The third-order valence-corrected chi connectivity index (χ3v) is 4.42. The summed E-state index contributed by atoms with van der Waals surface area (Å²) in [5.74, 6) is 0. The molecule has 0 aliphatic rings. The first-order valence-electron chi connectivity index (χ1n) is 5.67. The van der Waals surface area contributed by atoms with E-state index in [9.17, 15) is 8.42 Å². The minimum atomic E-state index is -3.66. The van der Waals surface area contributed by atoms with Gasteiger partial charge in [-0.1, -0.05) is 18.2 Å². The zero-order chi connectivity index (χ0) is 14.0. The summed E-state index contributed by atoms with van der Waals surface area (Å²) in [6.07, 6.45) is 1.28. The van der Waals surface area contributed by atoms with Gasteiger partial charge >= 0.3 is 0 Å². The highest BCUT2D eigenvalue weighted by Gasteiger charge is 2.20. The molecule has 1 heterocycles. The first kappa shape index (κ1) is 13.9. The standard InChI is InChI=1S/C12H14ClN3O2S/c1-8(13)10-5-3-4-6-11(10)16-19(17,18)12-7-14-15-9(12)2/h3-8,16H,1-2H3,(H,14,15). The SMILES string of the molecule is Cc1[nH]ncc1S(=O)(=O)Nc1ccccc1C(C)Cl. The number of aromatic nitrogens is 2. The van der Waals surface area contributed by atoms with Crippen LogP contribution in [0.4, 0.5) is 5.69 Å². The Hall–Kier alpha value is -1.53. The van der Waals surface area contributed by atoms with Crippen molar-refractivity contribution in [2.24, 2.45) is 0 Å². The van der Waals surface area contributed by atoms with Crippen molar-refractivity contribution >= 4 is 27.3 Å². The number of rotatable bonds is 4. The molecule has 0 radical (unpaired) electrons. The molecule has 7 heteroatoms. The van der Waals surface area contributed by atoms with E-state index in [4.69, 9.17) is 11.6 Å². The van der Waals surface area contributed by atoms with Crippen LogP contribution in [0.3, 0.4) is 0 Å². The summed E-state index contributed by atoms with van der Waals surface area (Å²) >= 11 is 6.04. The largest absolute Gasteiger partial charge is 0.281 e. The second-order valence-corrected chi connectivity index (χ2v) is 6.47. The van der Waals surface area contributed by atoms with Crippen LogP contribution in [0, 0.1) is 6.92 Å². The average molecular weight is 300 g/mol. The fraction of sp³-hybridized carbons (Fsp3) is 0.250. The van der Waals surface area contributed by atoms with Gasteiger partial charge in [-0.2, -0.15) is 5.10 Å². The zero-order valence-electron chi connectivity index (χ0n) is 10.5. The van der Waals surface area contributed by atoms with Crippen LogP contribution in [-0.4, -0.2) is 18.6 Å². The van der Waals surface area contributed by atoms with E-state index in [1.54, 1.807) is 32.0 Å². The number of aromatic amines is 1. The Labute approximate surface area is 117 Å². The van der Waals surface area contributed by atoms with Crippen molar-refractivity contribution in [2.75, 3.05) is 4.72 Å². The van der Waals surface area contributed by atoms with Crippen LogP contribution < -0.4 is 4.72 Å². The molecule has 1 aromatic heterocycles. The summed E-state index contributed by atoms with van der Waals surface area (Å²) in [5, 5.41) is 6.03. The first-order chi connectivity index (χ1) is 8.92. The quantitative estimate of drug-likeness (QED) is 0.852. The number of alkyl halides is 1. The highest BCUT2D eigenvalue weighted by molar-refractivity contribution is 7.92. The highest BCUT2D eigenvalue weighted by atomic mass is 35.5. The van der Waals surface area contributed by atoms with Gasteiger partial charge in [0.05, 0.1) is 23.0 Å². The summed E-state index contributed by atoms with van der Waals surface area (Å²) in [6, 6.07) is 7.04. The zero-order valence-corrected chi connectivity index (χ0v) is 12.1. The molecular weight excluding hydrogens is 286 g/mol. The van der Waals surface area contributed by atoms with Crippen LogP contribution in [0.2, 0.25) is 0 Å². The van der Waals surface area contributed by atoms with E-state index in [1.807, 2.05) is 6.07 Å².